The van der Waals surface area contributed by atoms with Gasteiger partial charge >= 0.3 is 0 Å². The Bertz CT molecular complexity index is 763. The summed E-state index contributed by atoms with van der Waals surface area (Å²) in [6.45, 7) is 7.50. The highest BCUT2D eigenvalue weighted by atomic mass is 35.5. The number of carbonyl (C=O) groups is 1. The van der Waals surface area contributed by atoms with Crippen molar-refractivity contribution in [1.82, 2.24) is 14.9 Å². The second-order valence-electron chi connectivity index (χ2n) is 5.98. The van der Waals surface area contributed by atoms with E-state index >= 15 is 0 Å². The van der Waals surface area contributed by atoms with Gasteiger partial charge in [-0.1, -0.05) is 30.3 Å². The van der Waals surface area contributed by atoms with Gasteiger partial charge < -0.3 is 15.1 Å². The Labute approximate surface area is 162 Å². The molecule has 138 valence electrons. The van der Waals surface area contributed by atoms with Crippen LogP contribution in [0.15, 0.2) is 35.6 Å². The van der Waals surface area contributed by atoms with Gasteiger partial charge in [0.1, 0.15) is 0 Å². The summed E-state index contributed by atoms with van der Waals surface area (Å²) in [5, 5.41) is 3.60. The minimum Gasteiger partial charge on any atom is -0.369 e. The van der Waals surface area contributed by atoms with E-state index in [4.69, 9.17) is 11.6 Å². The molecule has 1 N–H and O–H groups in total. The summed E-state index contributed by atoms with van der Waals surface area (Å²) in [5.74, 6) is -0.336. The fourth-order valence-corrected chi connectivity index (χ4v) is 3.39. The standard InChI is InChI=1S/C18H22ClN5OS/c1-3-23-8-10-24(11-9-23)14-6-4-13(5-7-14)21-17(25)16-15(19)12-20-18(22-16)26-2/h4-7,12H,3,8-11H2,1-2H3,(H,21,25). The number of carbonyl (C=O) groups excluding carboxylic acids is 1. The van der Waals surface area contributed by atoms with Gasteiger partial charge in [-0.3, -0.25) is 4.79 Å². The maximum absolute atomic E-state index is 12.4. The highest BCUT2D eigenvalue weighted by Crippen LogP contribution is 2.21. The third-order valence-corrected chi connectivity index (χ3v) is 5.27. The number of benzene rings is 1. The second kappa shape index (κ2) is 8.70. The van der Waals surface area contributed by atoms with Crippen molar-refractivity contribution >= 4 is 40.6 Å². The van der Waals surface area contributed by atoms with Crippen molar-refractivity contribution in [2.45, 2.75) is 12.1 Å². The van der Waals surface area contributed by atoms with Gasteiger partial charge in [0.15, 0.2) is 10.9 Å². The smallest absolute Gasteiger partial charge is 0.275 e. The van der Waals surface area contributed by atoms with Crippen LogP contribution >= 0.6 is 23.4 Å². The molecule has 0 spiro atoms. The fraction of sp³-hybridized carbons (Fsp3) is 0.389. The van der Waals surface area contributed by atoms with Crippen molar-refractivity contribution in [3.8, 4) is 0 Å². The molecule has 1 aromatic carbocycles. The Kier molecular flexibility index (Phi) is 6.34. The van der Waals surface area contributed by atoms with Crippen LogP contribution < -0.4 is 10.2 Å². The normalized spacial score (nSPS) is 15.1. The van der Waals surface area contributed by atoms with Crippen LogP contribution in [0.4, 0.5) is 11.4 Å². The van der Waals surface area contributed by atoms with Gasteiger partial charge in [0.05, 0.1) is 11.2 Å². The summed E-state index contributed by atoms with van der Waals surface area (Å²) in [4.78, 5) is 25.5. The number of aromatic nitrogens is 2. The van der Waals surface area contributed by atoms with E-state index in [9.17, 15) is 4.79 Å². The number of hydrogen-bond donors (Lipinski definition) is 1. The molecule has 0 saturated carbocycles. The molecule has 1 amide bonds. The van der Waals surface area contributed by atoms with Crippen molar-refractivity contribution in [3.05, 3.63) is 41.2 Å². The highest BCUT2D eigenvalue weighted by Gasteiger charge is 2.17. The van der Waals surface area contributed by atoms with Gasteiger partial charge in [-0.05, 0) is 37.1 Å². The van der Waals surface area contributed by atoms with Gasteiger partial charge in [-0.2, -0.15) is 0 Å². The molecule has 2 aromatic rings. The molecule has 0 unspecified atom stereocenters. The zero-order valence-corrected chi connectivity index (χ0v) is 16.5. The molecule has 3 rings (SSSR count). The SMILES string of the molecule is CCN1CCN(c2ccc(NC(=O)c3nc(SC)ncc3Cl)cc2)CC1. The number of rotatable bonds is 5. The Hall–Kier alpha value is -1.83. The number of hydrogen-bond acceptors (Lipinski definition) is 6. The molecule has 0 aliphatic carbocycles. The number of anilines is 2. The second-order valence-corrected chi connectivity index (χ2v) is 7.16. The summed E-state index contributed by atoms with van der Waals surface area (Å²) in [6, 6.07) is 7.88. The third kappa shape index (κ3) is 4.47. The topological polar surface area (TPSA) is 61.4 Å². The van der Waals surface area contributed by atoms with Gasteiger partial charge in [0.2, 0.25) is 0 Å². The highest BCUT2D eigenvalue weighted by molar-refractivity contribution is 7.98. The minimum absolute atomic E-state index is 0.186. The summed E-state index contributed by atoms with van der Waals surface area (Å²) in [6.07, 6.45) is 3.30. The average molecular weight is 392 g/mol. The zero-order valence-electron chi connectivity index (χ0n) is 14.9. The van der Waals surface area contributed by atoms with Crippen LogP contribution in [0.1, 0.15) is 17.4 Å². The zero-order chi connectivity index (χ0) is 18.5. The van der Waals surface area contributed by atoms with E-state index in [-0.39, 0.29) is 16.6 Å². The van der Waals surface area contributed by atoms with E-state index in [0.717, 1.165) is 32.7 Å². The first-order chi connectivity index (χ1) is 12.6. The Morgan fingerprint density at radius 2 is 1.92 bits per heavy atom. The van der Waals surface area contributed by atoms with Crippen LogP contribution in [0.2, 0.25) is 5.02 Å². The maximum Gasteiger partial charge on any atom is 0.275 e. The summed E-state index contributed by atoms with van der Waals surface area (Å²) < 4.78 is 0. The maximum atomic E-state index is 12.4. The molecule has 1 fully saturated rings. The average Bonchev–Trinajstić information content (AvgIpc) is 2.69. The van der Waals surface area contributed by atoms with Crippen LogP contribution in [-0.2, 0) is 0 Å². The Morgan fingerprint density at radius 1 is 1.23 bits per heavy atom. The van der Waals surface area contributed by atoms with Gasteiger partial charge in [0, 0.05) is 37.6 Å². The fourth-order valence-electron chi connectivity index (χ4n) is 2.88. The van der Waals surface area contributed by atoms with Crippen LogP contribution in [-0.4, -0.2) is 59.8 Å². The van der Waals surface area contributed by atoms with Crippen LogP contribution in [0.5, 0.6) is 0 Å². The minimum atomic E-state index is -0.336. The van der Waals surface area contributed by atoms with Crippen molar-refractivity contribution in [2.24, 2.45) is 0 Å². The Balaban J connectivity index is 1.65. The predicted octanol–water partition coefficient (Wildman–Crippen LogP) is 3.25. The van der Waals surface area contributed by atoms with E-state index in [1.165, 1.54) is 23.6 Å². The molecule has 6 nitrogen and oxygen atoms in total. The lowest BCUT2D eigenvalue weighted by Crippen LogP contribution is -2.46. The number of piperazine rings is 1. The monoisotopic (exact) mass is 391 g/mol. The molecule has 1 saturated heterocycles. The van der Waals surface area contributed by atoms with E-state index in [1.54, 1.807) is 0 Å². The number of thioether (sulfide) groups is 1. The number of halogens is 1. The first-order valence-corrected chi connectivity index (χ1v) is 10.2. The molecule has 8 heteroatoms. The first kappa shape index (κ1) is 18.9. The third-order valence-electron chi connectivity index (χ3n) is 4.43. The van der Waals surface area contributed by atoms with Crippen molar-refractivity contribution in [1.29, 1.82) is 0 Å². The van der Waals surface area contributed by atoms with E-state index in [0.29, 0.717) is 10.8 Å². The summed E-state index contributed by atoms with van der Waals surface area (Å²) in [7, 11) is 0. The predicted molar refractivity (Wildman–Crippen MR) is 108 cm³/mol. The molecule has 1 aromatic heterocycles. The van der Waals surface area contributed by atoms with Crippen LogP contribution in [0.3, 0.4) is 0 Å². The number of amides is 1. The summed E-state index contributed by atoms with van der Waals surface area (Å²) in [5.41, 5.74) is 2.07. The number of nitrogens with one attached hydrogen (secondary N) is 1. The van der Waals surface area contributed by atoms with Crippen LogP contribution in [0, 0.1) is 0 Å². The van der Waals surface area contributed by atoms with E-state index in [2.05, 4.69) is 32.0 Å². The molecule has 26 heavy (non-hydrogen) atoms. The van der Waals surface area contributed by atoms with Gasteiger partial charge in [0.25, 0.3) is 5.91 Å². The quantitative estimate of drug-likeness (QED) is 0.623. The summed E-state index contributed by atoms with van der Waals surface area (Å²) >= 11 is 7.42. The largest absolute Gasteiger partial charge is 0.369 e. The van der Waals surface area contributed by atoms with E-state index < -0.39 is 0 Å². The van der Waals surface area contributed by atoms with Gasteiger partial charge in [-0.15, -0.1) is 0 Å². The molecule has 0 radical (unpaired) electrons. The van der Waals surface area contributed by atoms with E-state index in [1.807, 2.05) is 30.5 Å². The molecule has 1 aliphatic rings. The molecule has 0 bridgehead atoms. The van der Waals surface area contributed by atoms with Crippen molar-refractivity contribution in [3.63, 3.8) is 0 Å². The first-order valence-electron chi connectivity index (χ1n) is 8.56. The molecule has 2 heterocycles. The molecule has 0 atom stereocenters. The lowest BCUT2D eigenvalue weighted by Gasteiger charge is -2.35. The number of nitrogens with zero attached hydrogens (tertiary/aromatic N) is 4. The van der Waals surface area contributed by atoms with Crippen LogP contribution in [0.25, 0.3) is 0 Å². The van der Waals surface area contributed by atoms with Crippen molar-refractivity contribution in [2.75, 3.05) is 49.2 Å². The van der Waals surface area contributed by atoms with Gasteiger partial charge in [-0.25, -0.2) is 9.97 Å². The Morgan fingerprint density at radius 3 is 2.54 bits per heavy atom. The molecule has 1 aliphatic heterocycles. The van der Waals surface area contributed by atoms with Crippen molar-refractivity contribution < 1.29 is 4.79 Å². The molecular weight excluding hydrogens is 370 g/mol. The lowest BCUT2D eigenvalue weighted by atomic mass is 10.2. The lowest BCUT2D eigenvalue weighted by molar-refractivity contribution is 0.102. The number of likely N-dealkylation sites (N-methyl/N-ethyl adjacent to an activating group) is 1. The molecular formula is C18H22ClN5OS.